The minimum atomic E-state index is -4.44. The average Bonchev–Trinajstić information content (AvgIpc) is 2.34. The summed E-state index contributed by atoms with van der Waals surface area (Å²) in [6.45, 7) is -1.81. The third-order valence-corrected chi connectivity index (χ3v) is 2.83. The molecule has 1 rings (SSSR count). The molecule has 0 aliphatic carbocycles. The fraction of sp³-hybridized carbons (Fsp3) is 0.417. The number of ether oxygens (including phenoxy) is 1. The van der Waals surface area contributed by atoms with E-state index in [-0.39, 0.29) is 11.9 Å². The van der Waals surface area contributed by atoms with Crippen LogP contribution in [0.2, 0.25) is 5.02 Å². The van der Waals surface area contributed by atoms with Gasteiger partial charge in [0.15, 0.2) is 6.61 Å². The smallest absolute Gasteiger partial charge is 0.406 e. The van der Waals surface area contributed by atoms with Crippen molar-refractivity contribution < 1.29 is 22.7 Å². The number of nitrogens with zero attached hydrogens (tertiary/aromatic N) is 1. The Kier molecular flexibility index (Phi) is 6.61. The van der Waals surface area contributed by atoms with Crippen LogP contribution in [0.5, 0.6) is 5.75 Å². The first-order valence-corrected chi connectivity index (χ1v) is 7.10. The molecule has 112 valence electrons. The predicted molar refractivity (Wildman–Crippen MR) is 73.4 cm³/mol. The lowest BCUT2D eigenvalue weighted by atomic mass is 10.3. The third-order valence-electron chi connectivity index (χ3n) is 2.24. The summed E-state index contributed by atoms with van der Waals surface area (Å²) in [6.07, 6.45) is -4.44. The third kappa shape index (κ3) is 6.47. The normalized spacial score (nSPS) is 11.2. The van der Waals surface area contributed by atoms with E-state index in [0.29, 0.717) is 15.7 Å². The van der Waals surface area contributed by atoms with Crippen molar-refractivity contribution in [1.29, 1.82) is 0 Å². The van der Waals surface area contributed by atoms with Crippen LogP contribution in [0.4, 0.5) is 13.2 Å². The van der Waals surface area contributed by atoms with Crippen molar-refractivity contribution in [3.63, 3.8) is 0 Å². The Labute approximate surface area is 127 Å². The van der Waals surface area contributed by atoms with Crippen molar-refractivity contribution in [3.05, 3.63) is 29.3 Å². The van der Waals surface area contributed by atoms with Gasteiger partial charge < -0.3 is 9.64 Å². The van der Waals surface area contributed by atoms with E-state index in [0.717, 1.165) is 0 Å². The van der Waals surface area contributed by atoms with Gasteiger partial charge in [0, 0.05) is 16.9 Å². The van der Waals surface area contributed by atoms with E-state index in [1.807, 2.05) is 0 Å². The maximum atomic E-state index is 12.3. The minimum Gasteiger partial charge on any atom is -0.484 e. The number of rotatable bonds is 6. The van der Waals surface area contributed by atoms with E-state index in [2.05, 4.69) is 15.9 Å². The summed E-state index contributed by atoms with van der Waals surface area (Å²) in [7, 11) is 0. The molecule has 0 atom stereocenters. The lowest BCUT2D eigenvalue weighted by molar-refractivity contribution is -0.161. The van der Waals surface area contributed by atoms with Gasteiger partial charge >= 0.3 is 6.18 Å². The Morgan fingerprint density at radius 1 is 1.40 bits per heavy atom. The number of carbonyl (C=O) groups excluding carboxylic acids is 1. The quantitative estimate of drug-likeness (QED) is 0.713. The predicted octanol–water partition coefficient (Wildman–Crippen LogP) is 3.50. The zero-order chi connectivity index (χ0) is 15.2. The van der Waals surface area contributed by atoms with E-state index in [1.54, 1.807) is 18.2 Å². The first-order valence-electron chi connectivity index (χ1n) is 5.60. The Bertz CT molecular complexity index is 457. The highest BCUT2D eigenvalue weighted by molar-refractivity contribution is 9.09. The van der Waals surface area contributed by atoms with E-state index in [4.69, 9.17) is 16.3 Å². The number of carbonyl (C=O) groups is 1. The van der Waals surface area contributed by atoms with Crippen molar-refractivity contribution in [2.75, 3.05) is 25.0 Å². The van der Waals surface area contributed by atoms with E-state index in [9.17, 15) is 18.0 Å². The van der Waals surface area contributed by atoms with Crippen LogP contribution >= 0.6 is 27.5 Å². The minimum absolute atomic E-state index is 0.0444. The molecular weight excluding hydrogens is 362 g/mol. The van der Waals surface area contributed by atoms with Gasteiger partial charge in [-0.05, 0) is 18.2 Å². The van der Waals surface area contributed by atoms with Gasteiger partial charge in [-0.2, -0.15) is 13.2 Å². The van der Waals surface area contributed by atoms with Crippen molar-refractivity contribution in [2.24, 2.45) is 0 Å². The fourth-order valence-electron chi connectivity index (χ4n) is 1.40. The number of benzene rings is 1. The SMILES string of the molecule is O=C(COc1cccc(Cl)c1)N(CCBr)CC(F)(F)F. The molecule has 0 heterocycles. The maximum absolute atomic E-state index is 12.3. The standard InChI is InChI=1S/C12H12BrClF3NO2/c13-4-5-18(8-12(15,16)17)11(19)7-20-10-3-1-2-9(14)6-10/h1-3,6H,4-5,7-8H2. The van der Waals surface area contributed by atoms with E-state index < -0.39 is 25.2 Å². The van der Waals surface area contributed by atoms with Crippen LogP contribution in [-0.2, 0) is 4.79 Å². The van der Waals surface area contributed by atoms with Gasteiger partial charge in [-0.25, -0.2) is 0 Å². The lowest BCUT2D eigenvalue weighted by Crippen LogP contribution is -2.42. The lowest BCUT2D eigenvalue weighted by Gasteiger charge is -2.23. The zero-order valence-electron chi connectivity index (χ0n) is 10.3. The zero-order valence-corrected chi connectivity index (χ0v) is 12.6. The first kappa shape index (κ1) is 17.1. The number of hydrogen-bond acceptors (Lipinski definition) is 2. The monoisotopic (exact) mass is 373 g/mol. The number of alkyl halides is 4. The van der Waals surface area contributed by atoms with Crippen molar-refractivity contribution in [1.82, 2.24) is 4.90 Å². The second kappa shape index (κ2) is 7.73. The first-order chi connectivity index (χ1) is 9.31. The number of hydrogen-bond donors (Lipinski definition) is 0. The summed E-state index contributed by atoms with van der Waals surface area (Å²) in [5, 5.41) is 0.675. The average molecular weight is 375 g/mol. The second-order valence-electron chi connectivity index (χ2n) is 3.87. The summed E-state index contributed by atoms with van der Waals surface area (Å²) < 4.78 is 42.1. The van der Waals surface area contributed by atoms with Crippen LogP contribution in [0.1, 0.15) is 0 Å². The molecule has 0 N–H and O–H groups in total. The largest absolute Gasteiger partial charge is 0.484 e. The molecular formula is C12H12BrClF3NO2. The van der Waals surface area contributed by atoms with Crippen LogP contribution in [0, 0.1) is 0 Å². The Morgan fingerprint density at radius 2 is 2.10 bits per heavy atom. The summed E-state index contributed by atoms with van der Waals surface area (Å²) in [5.74, 6) is -0.404. The molecule has 0 unspecified atom stereocenters. The molecule has 0 radical (unpaired) electrons. The molecule has 3 nitrogen and oxygen atoms in total. The number of amides is 1. The highest BCUT2D eigenvalue weighted by atomic mass is 79.9. The molecule has 0 aliphatic heterocycles. The van der Waals surface area contributed by atoms with Gasteiger partial charge in [0.2, 0.25) is 0 Å². The Morgan fingerprint density at radius 3 is 2.65 bits per heavy atom. The highest BCUT2D eigenvalue weighted by Crippen LogP contribution is 2.19. The number of halogens is 5. The summed E-state index contributed by atoms with van der Waals surface area (Å²) in [6, 6.07) is 6.29. The molecule has 1 amide bonds. The Hall–Kier alpha value is -0.950. The van der Waals surface area contributed by atoms with Crippen LogP contribution < -0.4 is 4.74 Å². The summed E-state index contributed by atoms with van der Waals surface area (Å²) in [4.78, 5) is 12.4. The van der Waals surface area contributed by atoms with Crippen LogP contribution in [-0.4, -0.2) is 42.0 Å². The van der Waals surface area contributed by atoms with Crippen LogP contribution in [0.3, 0.4) is 0 Å². The maximum Gasteiger partial charge on any atom is 0.406 e. The molecule has 0 fully saturated rings. The second-order valence-corrected chi connectivity index (χ2v) is 5.09. The van der Waals surface area contributed by atoms with Gasteiger partial charge in [-0.1, -0.05) is 33.6 Å². The molecule has 0 aromatic heterocycles. The highest BCUT2D eigenvalue weighted by Gasteiger charge is 2.32. The molecule has 1 aromatic carbocycles. The van der Waals surface area contributed by atoms with Crippen LogP contribution in [0.25, 0.3) is 0 Å². The molecule has 8 heteroatoms. The molecule has 1 aromatic rings. The van der Waals surface area contributed by atoms with Gasteiger partial charge in [-0.15, -0.1) is 0 Å². The van der Waals surface area contributed by atoms with E-state index in [1.165, 1.54) is 6.07 Å². The van der Waals surface area contributed by atoms with Crippen molar-refractivity contribution in [2.45, 2.75) is 6.18 Å². The van der Waals surface area contributed by atoms with Gasteiger partial charge in [-0.3, -0.25) is 4.79 Å². The van der Waals surface area contributed by atoms with Crippen molar-refractivity contribution in [3.8, 4) is 5.75 Å². The van der Waals surface area contributed by atoms with E-state index >= 15 is 0 Å². The van der Waals surface area contributed by atoms with Crippen LogP contribution in [0.15, 0.2) is 24.3 Å². The molecule has 20 heavy (non-hydrogen) atoms. The summed E-state index contributed by atoms with van der Waals surface area (Å²) >= 11 is 8.74. The Balaban J connectivity index is 2.58. The van der Waals surface area contributed by atoms with Gasteiger partial charge in [0.05, 0.1) is 0 Å². The molecule has 0 spiro atoms. The molecule has 0 bridgehead atoms. The fourth-order valence-corrected chi connectivity index (χ4v) is 2.01. The van der Waals surface area contributed by atoms with Gasteiger partial charge in [0.25, 0.3) is 5.91 Å². The molecule has 0 saturated carbocycles. The molecule has 0 saturated heterocycles. The topological polar surface area (TPSA) is 29.5 Å². The molecule has 0 aliphatic rings. The van der Waals surface area contributed by atoms with Crippen molar-refractivity contribution >= 4 is 33.4 Å². The summed E-state index contributed by atoms with van der Waals surface area (Å²) in [5.41, 5.74) is 0. The van der Waals surface area contributed by atoms with Gasteiger partial charge in [0.1, 0.15) is 12.3 Å².